The fourth-order valence-corrected chi connectivity index (χ4v) is 3.31. The van der Waals surface area contributed by atoms with Gasteiger partial charge in [-0.25, -0.2) is 4.79 Å². The van der Waals surface area contributed by atoms with Crippen molar-refractivity contribution in [3.8, 4) is 0 Å². The van der Waals surface area contributed by atoms with Gasteiger partial charge in [0.15, 0.2) is 5.82 Å². The Balaban J connectivity index is 1.46. The molecule has 1 N–H and O–H groups in total. The number of carbonyl (C=O) groups is 1. The predicted molar refractivity (Wildman–Crippen MR) is 83.7 cm³/mol. The molecule has 2 aliphatic carbocycles. The first-order valence-electron chi connectivity index (χ1n) is 8.43. The molecule has 3 fully saturated rings. The van der Waals surface area contributed by atoms with Crippen LogP contribution in [0.2, 0.25) is 0 Å². The maximum Gasteiger partial charge on any atom is 0.318 e. The fraction of sp³-hybridized carbons (Fsp3) is 0.688. The summed E-state index contributed by atoms with van der Waals surface area (Å²) in [6.07, 6.45) is 8.47. The van der Waals surface area contributed by atoms with Gasteiger partial charge in [-0.2, -0.15) is 5.10 Å². The normalized spacial score (nSPS) is 24.9. The molecule has 6 heteroatoms. The smallest absolute Gasteiger partial charge is 0.318 e. The van der Waals surface area contributed by atoms with Gasteiger partial charge in [0.25, 0.3) is 0 Å². The highest BCUT2D eigenvalue weighted by molar-refractivity contribution is 5.76. The second-order valence-electron chi connectivity index (χ2n) is 6.69. The second kappa shape index (κ2) is 5.74. The van der Waals surface area contributed by atoms with Crippen LogP contribution in [-0.4, -0.2) is 52.3 Å². The Kier molecular flexibility index (Phi) is 3.60. The largest absolute Gasteiger partial charge is 0.353 e. The molecule has 1 aliphatic heterocycles. The van der Waals surface area contributed by atoms with Gasteiger partial charge in [0.05, 0.1) is 6.04 Å². The molecule has 1 aromatic heterocycles. The molecule has 2 saturated carbocycles. The number of aromatic nitrogens is 2. The summed E-state index contributed by atoms with van der Waals surface area (Å²) in [6.45, 7) is 1.87. The van der Waals surface area contributed by atoms with Gasteiger partial charge in [-0.1, -0.05) is 0 Å². The van der Waals surface area contributed by atoms with Crippen LogP contribution < -0.4 is 10.2 Å². The number of urea groups is 1. The number of amides is 2. The van der Waals surface area contributed by atoms with Crippen molar-refractivity contribution in [1.82, 2.24) is 20.4 Å². The van der Waals surface area contributed by atoms with Crippen molar-refractivity contribution in [1.29, 1.82) is 0 Å². The molecule has 1 unspecified atom stereocenters. The molecule has 2 amide bonds. The first-order valence-corrected chi connectivity index (χ1v) is 8.43. The summed E-state index contributed by atoms with van der Waals surface area (Å²) in [5, 5.41) is 11.4. The molecule has 1 aromatic rings. The zero-order chi connectivity index (χ0) is 14.9. The van der Waals surface area contributed by atoms with Crippen LogP contribution in [0.4, 0.5) is 10.6 Å². The van der Waals surface area contributed by atoms with Gasteiger partial charge in [0.2, 0.25) is 0 Å². The van der Waals surface area contributed by atoms with Gasteiger partial charge in [0, 0.05) is 31.4 Å². The number of piperidine rings is 1. The molecular weight excluding hydrogens is 278 g/mol. The molecule has 0 radical (unpaired) electrons. The highest BCUT2D eigenvalue weighted by atomic mass is 16.2. The maximum atomic E-state index is 12.6. The topological polar surface area (TPSA) is 61.4 Å². The maximum absolute atomic E-state index is 12.6. The van der Waals surface area contributed by atoms with Crippen molar-refractivity contribution < 1.29 is 4.79 Å². The third-order valence-electron chi connectivity index (χ3n) is 4.75. The molecule has 22 heavy (non-hydrogen) atoms. The minimum Gasteiger partial charge on any atom is -0.353 e. The summed E-state index contributed by atoms with van der Waals surface area (Å²) in [5.41, 5.74) is 0. The lowest BCUT2D eigenvalue weighted by molar-refractivity contribution is 0.160. The zero-order valence-electron chi connectivity index (χ0n) is 12.8. The molecule has 0 spiro atoms. The SMILES string of the molecule is O=C(NC1CC1)N(C1CC1)C1CCCN(c2cccnn2)C1. The highest BCUT2D eigenvalue weighted by Crippen LogP contribution is 2.33. The first kappa shape index (κ1) is 13.8. The van der Waals surface area contributed by atoms with E-state index in [2.05, 4.69) is 25.3 Å². The Morgan fingerprint density at radius 1 is 1.23 bits per heavy atom. The highest BCUT2D eigenvalue weighted by Gasteiger charge is 2.40. The van der Waals surface area contributed by atoms with E-state index in [1.54, 1.807) is 6.20 Å². The van der Waals surface area contributed by atoms with Crippen molar-refractivity contribution in [2.75, 3.05) is 18.0 Å². The molecule has 1 atom stereocenters. The number of nitrogens with one attached hydrogen (secondary N) is 1. The summed E-state index contributed by atoms with van der Waals surface area (Å²) < 4.78 is 0. The van der Waals surface area contributed by atoms with E-state index in [1.165, 1.54) is 0 Å². The number of rotatable bonds is 4. The number of carbonyl (C=O) groups excluding carboxylic acids is 1. The van der Waals surface area contributed by atoms with Crippen LogP contribution in [0.15, 0.2) is 18.3 Å². The zero-order valence-corrected chi connectivity index (χ0v) is 12.8. The average Bonchev–Trinajstić information content (AvgIpc) is 3.45. The lowest BCUT2D eigenvalue weighted by Gasteiger charge is -2.40. The molecule has 118 valence electrons. The summed E-state index contributed by atoms with van der Waals surface area (Å²) in [6, 6.07) is 5.24. The predicted octanol–water partition coefficient (Wildman–Crippen LogP) is 1.78. The number of nitrogens with zero attached hydrogens (tertiary/aromatic N) is 4. The van der Waals surface area contributed by atoms with E-state index in [1.807, 2.05) is 12.1 Å². The molecule has 0 bridgehead atoms. The van der Waals surface area contributed by atoms with Gasteiger partial charge < -0.3 is 15.1 Å². The molecule has 2 heterocycles. The third kappa shape index (κ3) is 3.00. The second-order valence-corrected chi connectivity index (χ2v) is 6.69. The van der Waals surface area contributed by atoms with Crippen molar-refractivity contribution in [3.05, 3.63) is 18.3 Å². The monoisotopic (exact) mass is 301 g/mol. The van der Waals surface area contributed by atoms with Crippen LogP contribution in [0.25, 0.3) is 0 Å². The third-order valence-corrected chi connectivity index (χ3v) is 4.75. The molecule has 3 aliphatic rings. The van der Waals surface area contributed by atoms with Gasteiger partial charge in [0.1, 0.15) is 0 Å². The molecular formula is C16H23N5O. The Hall–Kier alpha value is -1.85. The molecule has 4 rings (SSSR count). The quantitative estimate of drug-likeness (QED) is 0.921. The summed E-state index contributed by atoms with van der Waals surface area (Å²) >= 11 is 0. The number of hydrogen-bond acceptors (Lipinski definition) is 4. The molecule has 0 aromatic carbocycles. The van der Waals surface area contributed by atoms with Crippen molar-refractivity contribution in [2.24, 2.45) is 0 Å². The Bertz CT molecular complexity index is 529. The summed E-state index contributed by atoms with van der Waals surface area (Å²) in [4.78, 5) is 17.0. The van der Waals surface area contributed by atoms with Gasteiger partial charge >= 0.3 is 6.03 Å². The van der Waals surface area contributed by atoms with Gasteiger partial charge in [-0.15, -0.1) is 5.10 Å². The molecule has 1 saturated heterocycles. The van der Waals surface area contributed by atoms with Crippen molar-refractivity contribution in [3.63, 3.8) is 0 Å². The fourth-order valence-electron chi connectivity index (χ4n) is 3.31. The van der Waals surface area contributed by atoms with Crippen LogP contribution in [0.3, 0.4) is 0 Å². The van der Waals surface area contributed by atoms with E-state index in [-0.39, 0.29) is 6.03 Å². The van der Waals surface area contributed by atoms with E-state index in [0.717, 1.165) is 57.4 Å². The van der Waals surface area contributed by atoms with Crippen LogP contribution in [0.5, 0.6) is 0 Å². The van der Waals surface area contributed by atoms with Crippen LogP contribution in [0.1, 0.15) is 38.5 Å². The Morgan fingerprint density at radius 3 is 2.77 bits per heavy atom. The van der Waals surface area contributed by atoms with Gasteiger partial charge in [-0.3, -0.25) is 0 Å². The van der Waals surface area contributed by atoms with E-state index in [9.17, 15) is 4.79 Å². The number of hydrogen-bond donors (Lipinski definition) is 1. The van der Waals surface area contributed by atoms with Crippen molar-refractivity contribution in [2.45, 2.75) is 56.7 Å². The number of anilines is 1. The van der Waals surface area contributed by atoms with E-state index in [4.69, 9.17) is 0 Å². The van der Waals surface area contributed by atoms with Crippen LogP contribution >= 0.6 is 0 Å². The minimum absolute atomic E-state index is 0.149. The van der Waals surface area contributed by atoms with Crippen molar-refractivity contribution >= 4 is 11.8 Å². The van der Waals surface area contributed by atoms with E-state index in [0.29, 0.717) is 18.1 Å². The Labute approximate surface area is 130 Å². The summed E-state index contributed by atoms with van der Waals surface area (Å²) in [7, 11) is 0. The van der Waals surface area contributed by atoms with Crippen LogP contribution in [-0.2, 0) is 0 Å². The average molecular weight is 301 g/mol. The van der Waals surface area contributed by atoms with E-state index < -0.39 is 0 Å². The van der Waals surface area contributed by atoms with E-state index >= 15 is 0 Å². The van der Waals surface area contributed by atoms with Gasteiger partial charge in [-0.05, 0) is 50.7 Å². The summed E-state index contributed by atoms with van der Waals surface area (Å²) in [5.74, 6) is 0.922. The lowest BCUT2D eigenvalue weighted by atomic mass is 10.0. The first-order chi connectivity index (χ1) is 10.8. The lowest BCUT2D eigenvalue weighted by Crippen LogP contribution is -2.54. The minimum atomic E-state index is 0.149. The standard InChI is InChI=1S/C16H23N5O/c22-16(18-12-5-6-12)21(13-7-8-13)14-3-2-10-20(11-14)15-4-1-9-17-19-15/h1,4,9,12-14H,2-3,5-8,10-11H2,(H,18,22). The Morgan fingerprint density at radius 2 is 2.09 bits per heavy atom. The molecule has 6 nitrogen and oxygen atoms in total. The van der Waals surface area contributed by atoms with Crippen LogP contribution in [0, 0.1) is 0 Å².